The summed E-state index contributed by atoms with van der Waals surface area (Å²) in [5.41, 5.74) is 3.10. The molecule has 2 N–H and O–H groups in total. The molecule has 1 aromatic heterocycles. The van der Waals surface area contributed by atoms with Gasteiger partial charge in [0.05, 0.1) is 18.2 Å². The van der Waals surface area contributed by atoms with Gasteiger partial charge in [0.2, 0.25) is 0 Å². The highest BCUT2D eigenvalue weighted by atomic mass is 32.2. The van der Waals surface area contributed by atoms with Crippen molar-refractivity contribution in [3.63, 3.8) is 0 Å². The summed E-state index contributed by atoms with van der Waals surface area (Å²) in [6.07, 6.45) is 0.592. The van der Waals surface area contributed by atoms with Gasteiger partial charge in [0, 0.05) is 17.1 Å². The Kier molecular flexibility index (Phi) is 6.58. The lowest BCUT2D eigenvalue weighted by molar-refractivity contribution is -0.139. The van der Waals surface area contributed by atoms with Crippen molar-refractivity contribution in [1.82, 2.24) is 25.4 Å². The van der Waals surface area contributed by atoms with Crippen molar-refractivity contribution in [2.75, 3.05) is 12.4 Å². The predicted octanol–water partition coefficient (Wildman–Crippen LogP) is 2.88. The number of rotatable bonds is 7. The number of esters is 1. The quantitative estimate of drug-likeness (QED) is 0.533. The Hall–Kier alpha value is -2.81. The van der Waals surface area contributed by atoms with E-state index in [9.17, 15) is 9.59 Å². The van der Waals surface area contributed by atoms with E-state index >= 15 is 0 Å². The lowest BCUT2D eigenvalue weighted by atomic mass is 10.0. The number of nitrogens with one attached hydrogen (secondary N) is 2. The molecule has 0 saturated heterocycles. The summed E-state index contributed by atoms with van der Waals surface area (Å²) in [5, 5.41) is 14.7. The van der Waals surface area contributed by atoms with Crippen LogP contribution in [-0.2, 0) is 9.53 Å². The predicted molar refractivity (Wildman–Crippen MR) is 111 cm³/mol. The van der Waals surface area contributed by atoms with Crippen LogP contribution in [0.4, 0.5) is 4.79 Å². The molecule has 154 valence electrons. The zero-order valence-electron chi connectivity index (χ0n) is 17.0. The van der Waals surface area contributed by atoms with Gasteiger partial charge in [-0.15, -0.1) is 10.2 Å². The molecule has 0 fully saturated rings. The third kappa shape index (κ3) is 4.61. The van der Waals surface area contributed by atoms with Gasteiger partial charge >= 0.3 is 12.0 Å². The summed E-state index contributed by atoms with van der Waals surface area (Å²) in [7, 11) is 0. The number of nitrogens with zero attached hydrogens (tertiary/aromatic N) is 3. The molecule has 0 saturated carbocycles. The van der Waals surface area contributed by atoms with Crippen molar-refractivity contribution in [1.29, 1.82) is 0 Å². The van der Waals surface area contributed by atoms with Gasteiger partial charge in [-0.05, 0) is 44.9 Å². The van der Waals surface area contributed by atoms with Crippen molar-refractivity contribution >= 4 is 23.8 Å². The number of ether oxygens (including phenoxy) is 1. The van der Waals surface area contributed by atoms with E-state index in [0.29, 0.717) is 28.6 Å². The van der Waals surface area contributed by atoms with E-state index < -0.39 is 5.97 Å². The van der Waals surface area contributed by atoms with Gasteiger partial charge in [0.15, 0.2) is 5.16 Å². The Morgan fingerprint density at radius 3 is 2.76 bits per heavy atom. The van der Waals surface area contributed by atoms with Crippen LogP contribution >= 0.6 is 11.8 Å². The standard InChI is InChI=1S/C20H25N5O3S/c1-5-15-17(18(26)28-6-2)16(22-19(27)21-15)11-29-20-24-23-13(4)25(20)14-9-7-8-12(3)10-14/h7-10,15H,5-6,11H2,1-4H3,(H2,21,22,27). The number of hydrogen-bond donors (Lipinski definition) is 2. The van der Waals surface area contributed by atoms with E-state index in [0.717, 1.165) is 17.1 Å². The van der Waals surface area contributed by atoms with Gasteiger partial charge in [0.25, 0.3) is 0 Å². The van der Waals surface area contributed by atoms with Crippen LogP contribution in [0.3, 0.4) is 0 Å². The number of benzene rings is 1. The first-order valence-corrected chi connectivity index (χ1v) is 10.5. The third-order valence-electron chi connectivity index (χ3n) is 4.55. The van der Waals surface area contributed by atoms with E-state index in [1.807, 2.05) is 43.5 Å². The van der Waals surface area contributed by atoms with Gasteiger partial charge in [0.1, 0.15) is 5.82 Å². The lowest BCUT2D eigenvalue weighted by Gasteiger charge is -2.28. The topological polar surface area (TPSA) is 98.1 Å². The second kappa shape index (κ2) is 9.13. The summed E-state index contributed by atoms with van der Waals surface area (Å²) >= 11 is 1.41. The maximum absolute atomic E-state index is 12.5. The van der Waals surface area contributed by atoms with E-state index in [2.05, 4.69) is 26.9 Å². The fourth-order valence-electron chi connectivity index (χ4n) is 3.21. The maximum Gasteiger partial charge on any atom is 0.337 e. The summed E-state index contributed by atoms with van der Waals surface area (Å²) < 4.78 is 7.17. The number of amides is 2. The maximum atomic E-state index is 12.5. The minimum atomic E-state index is -0.418. The molecule has 3 rings (SSSR count). The molecule has 0 aliphatic carbocycles. The number of thioether (sulfide) groups is 1. The highest BCUT2D eigenvalue weighted by molar-refractivity contribution is 7.99. The molecule has 9 heteroatoms. The fourth-order valence-corrected chi connectivity index (χ4v) is 4.18. The van der Waals surface area contributed by atoms with E-state index in [1.165, 1.54) is 11.8 Å². The number of hydrogen-bond acceptors (Lipinski definition) is 6. The van der Waals surface area contributed by atoms with Crippen molar-refractivity contribution in [2.24, 2.45) is 0 Å². The van der Waals surface area contributed by atoms with Crippen molar-refractivity contribution in [2.45, 2.75) is 45.3 Å². The van der Waals surface area contributed by atoms with E-state index in [-0.39, 0.29) is 18.7 Å². The zero-order chi connectivity index (χ0) is 21.0. The van der Waals surface area contributed by atoms with Crippen LogP contribution in [0.2, 0.25) is 0 Å². The van der Waals surface area contributed by atoms with Crippen LogP contribution in [0.25, 0.3) is 5.69 Å². The molecule has 0 spiro atoms. The molecule has 8 nitrogen and oxygen atoms in total. The van der Waals surface area contributed by atoms with Crippen LogP contribution in [0, 0.1) is 13.8 Å². The second-order valence-corrected chi connectivity index (χ2v) is 7.61. The average molecular weight is 416 g/mol. The van der Waals surface area contributed by atoms with Crippen LogP contribution in [-0.4, -0.2) is 45.2 Å². The first-order chi connectivity index (χ1) is 13.9. The van der Waals surface area contributed by atoms with Gasteiger partial charge in [-0.25, -0.2) is 9.59 Å². The van der Waals surface area contributed by atoms with Crippen molar-refractivity contribution < 1.29 is 14.3 Å². The fraction of sp³-hybridized carbons (Fsp3) is 0.400. The number of urea groups is 1. The molecule has 1 unspecified atom stereocenters. The monoisotopic (exact) mass is 415 g/mol. The number of aromatic nitrogens is 3. The zero-order valence-corrected chi connectivity index (χ0v) is 17.8. The van der Waals surface area contributed by atoms with Crippen molar-refractivity contribution in [3.05, 3.63) is 46.9 Å². The Bertz CT molecular complexity index is 953. The average Bonchev–Trinajstić information content (AvgIpc) is 3.06. The first-order valence-electron chi connectivity index (χ1n) is 9.54. The summed E-state index contributed by atoms with van der Waals surface area (Å²) in [6.45, 7) is 7.87. The van der Waals surface area contributed by atoms with Crippen molar-refractivity contribution in [3.8, 4) is 5.69 Å². The molecule has 2 heterocycles. The first kappa shape index (κ1) is 20.9. The van der Waals surface area contributed by atoms with Crippen LogP contribution in [0.15, 0.2) is 40.7 Å². The van der Waals surface area contributed by atoms with Crippen LogP contribution in [0.5, 0.6) is 0 Å². The molecular formula is C20H25N5O3S. The summed E-state index contributed by atoms with van der Waals surface area (Å²) in [4.78, 5) is 24.6. The minimum Gasteiger partial charge on any atom is -0.463 e. The number of carbonyl (C=O) groups is 2. The SMILES string of the molecule is CCOC(=O)C1=C(CSc2nnc(C)n2-c2cccc(C)c2)NC(=O)NC1CC. The number of carbonyl (C=O) groups excluding carboxylic acids is 2. The van der Waals surface area contributed by atoms with E-state index in [4.69, 9.17) is 4.74 Å². The van der Waals surface area contributed by atoms with Gasteiger partial charge in [-0.1, -0.05) is 30.8 Å². The smallest absolute Gasteiger partial charge is 0.337 e. The summed E-state index contributed by atoms with van der Waals surface area (Å²) in [5.74, 6) is 0.708. The molecule has 1 atom stereocenters. The van der Waals surface area contributed by atoms with Gasteiger partial charge in [-0.3, -0.25) is 4.57 Å². The Labute approximate surface area is 174 Å². The Balaban J connectivity index is 1.91. The largest absolute Gasteiger partial charge is 0.463 e. The molecule has 29 heavy (non-hydrogen) atoms. The normalized spacial score (nSPS) is 16.4. The highest BCUT2D eigenvalue weighted by Gasteiger charge is 2.31. The minimum absolute atomic E-state index is 0.272. The molecule has 2 aromatic rings. The van der Waals surface area contributed by atoms with E-state index in [1.54, 1.807) is 6.92 Å². The molecule has 0 bridgehead atoms. The van der Waals surface area contributed by atoms with Gasteiger partial charge in [-0.2, -0.15) is 0 Å². The third-order valence-corrected chi connectivity index (χ3v) is 5.50. The van der Waals surface area contributed by atoms with Crippen LogP contribution in [0.1, 0.15) is 31.7 Å². The molecule has 1 aliphatic rings. The Morgan fingerprint density at radius 2 is 2.07 bits per heavy atom. The molecule has 2 amide bonds. The Morgan fingerprint density at radius 1 is 1.28 bits per heavy atom. The molecular weight excluding hydrogens is 390 g/mol. The summed E-state index contributed by atoms with van der Waals surface area (Å²) in [6, 6.07) is 7.37. The second-order valence-electron chi connectivity index (χ2n) is 6.66. The molecule has 1 aromatic carbocycles. The van der Waals surface area contributed by atoms with Crippen LogP contribution < -0.4 is 10.6 Å². The molecule has 0 radical (unpaired) electrons. The highest BCUT2D eigenvalue weighted by Crippen LogP contribution is 2.26. The van der Waals surface area contributed by atoms with Gasteiger partial charge < -0.3 is 15.4 Å². The number of aryl methyl sites for hydroxylation is 2. The lowest BCUT2D eigenvalue weighted by Crippen LogP contribution is -2.50. The molecule has 1 aliphatic heterocycles.